The number of rotatable bonds is 4. The highest BCUT2D eigenvalue weighted by Crippen LogP contribution is 2.30. The van der Waals surface area contributed by atoms with Gasteiger partial charge in [0.15, 0.2) is 0 Å². The van der Waals surface area contributed by atoms with E-state index in [-0.39, 0.29) is 6.10 Å². The first kappa shape index (κ1) is 19.4. The van der Waals surface area contributed by atoms with E-state index in [1.54, 1.807) is 6.07 Å². The van der Waals surface area contributed by atoms with Gasteiger partial charge in [-0.3, -0.25) is 9.79 Å². The first-order chi connectivity index (χ1) is 14.0. The summed E-state index contributed by atoms with van der Waals surface area (Å²) in [5, 5.41) is 10.4. The third-order valence-electron chi connectivity index (χ3n) is 5.22. The molecule has 29 heavy (non-hydrogen) atoms. The lowest BCUT2D eigenvalue weighted by atomic mass is 9.95. The average Bonchev–Trinajstić information content (AvgIpc) is 3.20. The summed E-state index contributed by atoms with van der Waals surface area (Å²) in [7, 11) is 0. The average molecular weight is 408 g/mol. The minimum Gasteiger partial charge on any atom is -0.393 e. The van der Waals surface area contributed by atoms with Gasteiger partial charge in [0.25, 0.3) is 5.91 Å². The molecule has 0 saturated heterocycles. The zero-order valence-corrected chi connectivity index (χ0v) is 16.6. The molecule has 0 atom stereocenters. The van der Waals surface area contributed by atoms with E-state index in [2.05, 4.69) is 0 Å². The van der Waals surface area contributed by atoms with Gasteiger partial charge in [-0.15, -0.1) is 0 Å². The van der Waals surface area contributed by atoms with Crippen LogP contribution in [0.3, 0.4) is 0 Å². The quantitative estimate of drug-likeness (QED) is 0.644. The number of primary amides is 1. The molecule has 148 valence electrons. The van der Waals surface area contributed by atoms with Crippen LogP contribution >= 0.6 is 11.6 Å². The van der Waals surface area contributed by atoms with Gasteiger partial charge >= 0.3 is 0 Å². The van der Waals surface area contributed by atoms with E-state index in [4.69, 9.17) is 22.3 Å². The smallest absolute Gasteiger partial charge is 0.250 e. The van der Waals surface area contributed by atoms with Crippen LogP contribution in [-0.2, 0) is 0 Å². The Kier molecular flexibility index (Phi) is 5.51. The summed E-state index contributed by atoms with van der Waals surface area (Å²) in [6, 6.07) is 17.1. The van der Waals surface area contributed by atoms with Crippen molar-refractivity contribution in [1.29, 1.82) is 0 Å². The highest BCUT2D eigenvalue weighted by atomic mass is 35.5. The zero-order chi connectivity index (χ0) is 20.4. The van der Waals surface area contributed by atoms with E-state index in [9.17, 15) is 9.90 Å². The van der Waals surface area contributed by atoms with Gasteiger partial charge in [0.2, 0.25) is 0 Å². The number of hydrogen-bond donors (Lipinski definition) is 2. The Morgan fingerprint density at radius 2 is 1.83 bits per heavy atom. The first-order valence-electron chi connectivity index (χ1n) is 9.63. The van der Waals surface area contributed by atoms with E-state index in [1.165, 1.54) is 0 Å². The second-order valence-corrected chi connectivity index (χ2v) is 7.68. The Morgan fingerprint density at radius 3 is 2.52 bits per heavy atom. The highest BCUT2D eigenvalue weighted by Gasteiger charge is 2.17. The molecule has 2 aromatic carbocycles. The number of amides is 1. The van der Waals surface area contributed by atoms with Crippen LogP contribution in [0, 0.1) is 0 Å². The lowest BCUT2D eigenvalue weighted by Gasteiger charge is -2.19. The summed E-state index contributed by atoms with van der Waals surface area (Å²) < 4.78 is 2.04. The topological polar surface area (TPSA) is 80.6 Å². The fourth-order valence-corrected chi connectivity index (χ4v) is 3.78. The minimum absolute atomic E-state index is 0.266. The summed E-state index contributed by atoms with van der Waals surface area (Å²) in [5.41, 5.74) is 10.5. The van der Waals surface area contributed by atoms with Crippen LogP contribution in [0.15, 0.2) is 65.8 Å². The number of halogens is 1. The van der Waals surface area contributed by atoms with E-state index in [0.717, 1.165) is 35.5 Å². The first-order valence-corrected chi connectivity index (χ1v) is 10.0. The number of carbonyl (C=O) groups excluding carboxylic acids is 1. The third-order valence-corrected chi connectivity index (χ3v) is 5.48. The van der Waals surface area contributed by atoms with Crippen molar-refractivity contribution in [3.8, 4) is 16.9 Å². The molecule has 4 rings (SSSR count). The molecular weight excluding hydrogens is 386 g/mol. The molecule has 0 aliphatic heterocycles. The Labute approximate surface area is 174 Å². The molecule has 1 amide bonds. The molecule has 0 radical (unpaired) electrons. The van der Waals surface area contributed by atoms with Crippen LogP contribution in [0.2, 0.25) is 5.02 Å². The van der Waals surface area contributed by atoms with Gasteiger partial charge < -0.3 is 15.4 Å². The standard InChI is InChI=1S/C23H22ClN3O2/c24-16-5-3-15(4-6-16)22-2-1-13-27(22)18-9-12-20(23(25)29)21(14-18)26-17-7-10-19(28)11-8-17/h1-6,9,12-14,19,28H,7-8,10-11H2,(H2,25,29). The molecule has 6 heteroatoms. The van der Waals surface area contributed by atoms with Gasteiger partial charge in [0.05, 0.1) is 23.0 Å². The fraction of sp³-hybridized carbons (Fsp3) is 0.217. The number of carbonyl (C=O) groups is 1. The molecule has 3 N–H and O–H groups in total. The van der Waals surface area contributed by atoms with Gasteiger partial charge in [0, 0.05) is 22.6 Å². The number of aliphatic hydroxyl groups excluding tert-OH is 1. The third kappa shape index (κ3) is 4.26. The van der Waals surface area contributed by atoms with Gasteiger partial charge in [-0.25, -0.2) is 0 Å². The van der Waals surface area contributed by atoms with E-state index in [0.29, 0.717) is 29.1 Å². The maximum atomic E-state index is 11.9. The Hall–Kier alpha value is -2.89. The monoisotopic (exact) mass is 407 g/mol. The van der Waals surface area contributed by atoms with Gasteiger partial charge in [0.1, 0.15) is 0 Å². The summed E-state index contributed by atoms with van der Waals surface area (Å²) in [6.45, 7) is 0. The fourth-order valence-electron chi connectivity index (χ4n) is 3.65. The number of aliphatic imine (C=N–C) groups is 1. The number of aliphatic hydroxyl groups is 1. The van der Waals surface area contributed by atoms with Crippen molar-refractivity contribution < 1.29 is 9.90 Å². The van der Waals surface area contributed by atoms with Gasteiger partial charge in [-0.2, -0.15) is 0 Å². The molecule has 1 aromatic heterocycles. The Balaban J connectivity index is 1.75. The number of aromatic nitrogens is 1. The van der Waals surface area contributed by atoms with E-state index in [1.807, 2.05) is 59.3 Å². The largest absolute Gasteiger partial charge is 0.393 e. The van der Waals surface area contributed by atoms with Crippen molar-refractivity contribution in [2.45, 2.75) is 31.8 Å². The molecule has 0 spiro atoms. The Morgan fingerprint density at radius 1 is 1.10 bits per heavy atom. The summed E-state index contributed by atoms with van der Waals surface area (Å²) in [4.78, 5) is 16.7. The molecule has 3 aromatic rings. The van der Waals surface area contributed by atoms with Crippen LogP contribution in [0.4, 0.5) is 5.69 Å². The molecule has 1 aliphatic carbocycles. The summed E-state index contributed by atoms with van der Waals surface area (Å²) in [5.74, 6) is -0.503. The SMILES string of the molecule is NC(=O)c1ccc(-n2cccc2-c2ccc(Cl)cc2)cc1N=C1CCC(O)CC1. The second kappa shape index (κ2) is 8.23. The predicted molar refractivity (Wildman–Crippen MR) is 116 cm³/mol. The van der Waals surface area contributed by atoms with Crippen molar-refractivity contribution in [2.24, 2.45) is 10.7 Å². The lowest BCUT2D eigenvalue weighted by molar-refractivity contribution is 0.100. The zero-order valence-electron chi connectivity index (χ0n) is 15.9. The highest BCUT2D eigenvalue weighted by molar-refractivity contribution is 6.30. The Bertz CT molecular complexity index is 1060. The van der Waals surface area contributed by atoms with Crippen molar-refractivity contribution in [2.75, 3.05) is 0 Å². The number of hydrogen-bond acceptors (Lipinski definition) is 3. The molecule has 1 saturated carbocycles. The summed E-state index contributed by atoms with van der Waals surface area (Å²) in [6.07, 6.45) is 4.55. The number of nitrogens with two attached hydrogens (primary N) is 1. The molecule has 1 heterocycles. The van der Waals surface area contributed by atoms with Crippen LogP contribution in [-0.4, -0.2) is 27.4 Å². The van der Waals surface area contributed by atoms with E-state index >= 15 is 0 Å². The van der Waals surface area contributed by atoms with Crippen molar-refractivity contribution >= 4 is 28.9 Å². The van der Waals surface area contributed by atoms with Crippen LogP contribution < -0.4 is 5.73 Å². The molecular formula is C23H22ClN3O2. The maximum Gasteiger partial charge on any atom is 0.250 e. The normalized spacial score (nSPS) is 16.6. The second-order valence-electron chi connectivity index (χ2n) is 7.25. The lowest BCUT2D eigenvalue weighted by Crippen LogP contribution is -2.18. The molecule has 1 fully saturated rings. The van der Waals surface area contributed by atoms with Crippen LogP contribution in [0.25, 0.3) is 16.9 Å². The molecule has 1 aliphatic rings. The predicted octanol–water partition coefficient (Wildman–Crippen LogP) is 4.90. The van der Waals surface area contributed by atoms with Gasteiger partial charge in [-0.05, 0) is 73.7 Å². The summed E-state index contributed by atoms with van der Waals surface area (Å²) >= 11 is 6.02. The number of benzene rings is 2. The van der Waals surface area contributed by atoms with E-state index < -0.39 is 5.91 Å². The van der Waals surface area contributed by atoms with Crippen molar-refractivity contribution in [1.82, 2.24) is 4.57 Å². The molecule has 5 nitrogen and oxygen atoms in total. The van der Waals surface area contributed by atoms with Crippen molar-refractivity contribution in [3.63, 3.8) is 0 Å². The molecule has 0 bridgehead atoms. The van der Waals surface area contributed by atoms with Gasteiger partial charge in [-0.1, -0.05) is 23.7 Å². The molecule has 0 unspecified atom stereocenters. The van der Waals surface area contributed by atoms with Crippen LogP contribution in [0.1, 0.15) is 36.0 Å². The van der Waals surface area contributed by atoms with Crippen molar-refractivity contribution in [3.05, 3.63) is 71.4 Å². The minimum atomic E-state index is -0.503. The maximum absolute atomic E-state index is 11.9. The van der Waals surface area contributed by atoms with Crippen LogP contribution in [0.5, 0.6) is 0 Å². The number of nitrogens with zero attached hydrogens (tertiary/aromatic N) is 2.